The summed E-state index contributed by atoms with van der Waals surface area (Å²) in [6, 6.07) is 10.1. The molecular formula is C26H32N4O2S2. The molecule has 1 aliphatic heterocycles. The van der Waals surface area contributed by atoms with Gasteiger partial charge in [0.2, 0.25) is 5.78 Å². The van der Waals surface area contributed by atoms with Crippen molar-refractivity contribution in [2.24, 2.45) is 5.92 Å². The van der Waals surface area contributed by atoms with Crippen molar-refractivity contribution in [1.29, 1.82) is 0 Å². The monoisotopic (exact) mass is 496 g/mol. The normalized spacial score (nSPS) is 16.1. The third-order valence-corrected chi connectivity index (χ3v) is 8.79. The fourth-order valence-corrected chi connectivity index (χ4v) is 6.84. The molecule has 1 atom stereocenters. The van der Waals surface area contributed by atoms with Gasteiger partial charge in [0.05, 0.1) is 24.6 Å². The molecule has 0 amide bonds. The molecule has 0 spiro atoms. The first-order chi connectivity index (χ1) is 16.6. The molecular weight excluding hydrogens is 464 g/mol. The Balaban J connectivity index is 1.65. The quantitative estimate of drug-likeness (QED) is 0.212. The highest BCUT2D eigenvalue weighted by molar-refractivity contribution is 7.99. The zero-order chi connectivity index (χ0) is 23.7. The minimum absolute atomic E-state index is 0.0279. The lowest BCUT2D eigenvalue weighted by molar-refractivity contribution is 0.00200. The van der Waals surface area contributed by atoms with Crippen LogP contribution in [0.2, 0.25) is 0 Å². The van der Waals surface area contributed by atoms with E-state index in [4.69, 9.17) is 4.74 Å². The molecule has 0 N–H and O–H groups in total. The molecule has 0 bridgehead atoms. The maximum atomic E-state index is 13.9. The van der Waals surface area contributed by atoms with E-state index in [1.807, 2.05) is 18.2 Å². The molecule has 180 valence electrons. The molecule has 0 saturated carbocycles. The second kappa shape index (κ2) is 10.2. The highest BCUT2D eigenvalue weighted by Crippen LogP contribution is 2.37. The Morgan fingerprint density at radius 3 is 2.76 bits per heavy atom. The number of rotatable bonds is 9. The first-order valence-corrected chi connectivity index (χ1v) is 14.1. The maximum absolute atomic E-state index is 13.9. The Kier molecular flexibility index (Phi) is 7.09. The molecule has 1 aromatic carbocycles. The molecule has 5 rings (SSSR count). The first kappa shape index (κ1) is 23.6. The van der Waals surface area contributed by atoms with Gasteiger partial charge in [-0.05, 0) is 23.5 Å². The SMILES string of the molecule is CCCCCCSc1nnc2n(Cc3ccccc3)c(=O)c3c4c(sc3n12)CO[C@@H](C(C)C)C4. The Labute approximate surface area is 208 Å². The van der Waals surface area contributed by atoms with Crippen molar-refractivity contribution in [3.05, 3.63) is 56.7 Å². The zero-order valence-electron chi connectivity index (χ0n) is 20.1. The van der Waals surface area contributed by atoms with Crippen molar-refractivity contribution in [2.45, 2.75) is 77.3 Å². The van der Waals surface area contributed by atoms with Crippen LogP contribution in [-0.4, -0.2) is 31.0 Å². The predicted octanol–water partition coefficient (Wildman–Crippen LogP) is 5.92. The van der Waals surface area contributed by atoms with Crippen molar-refractivity contribution < 1.29 is 4.74 Å². The predicted molar refractivity (Wildman–Crippen MR) is 140 cm³/mol. The van der Waals surface area contributed by atoms with Crippen LogP contribution >= 0.6 is 23.1 Å². The van der Waals surface area contributed by atoms with Gasteiger partial charge in [0.25, 0.3) is 5.56 Å². The van der Waals surface area contributed by atoms with E-state index in [-0.39, 0.29) is 11.7 Å². The van der Waals surface area contributed by atoms with Gasteiger partial charge in [-0.1, -0.05) is 82.1 Å². The zero-order valence-corrected chi connectivity index (χ0v) is 21.8. The van der Waals surface area contributed by atoms with E-state index in [1.165, 1.54) is 19.3 Å². The van der Waals surface area contributed by atoms with E-state index in [9.17, 15) is 4.79 Å². The van der Waals surface area contributed by atoms with E-state index in [0.717, 1.165) is 50.0 Å². The number of thioether (sulfide) groups is 1. The topological polar surface area (TPSA) is 61.4 Å². The highest BCUT2D eigenvalue weighted by Gasteiger charge is 2.29. The fraction of sp³-hybridized carbons (Fsp3) is 0.500. The summed E-state index contributed by atoms with van der Waals surface area (Å²) in [4.78, 5) is 16.1. The number of thiophene rings is 1. The lowest BCUT2D eigenvalue weighted by atomic mass is 9.96. The van der Waals surface area contributed by atoms with Crippen LogP contribution in [0.1, 0.15) is 62.5 Å². The number of fused-ring (bicyclic) bond motifs is 5. The van der Waals surface area contributed by atoms with E-state index in [2.05, 4.69) is 47.5 Å². The second-order valence-corrected chi connectivity index (χ2v) is 11.5. The number of ether oxygens (including phenoxy) is 1. The molecule has 8 heteroatoms. The minimum atomic E-state index is 0.0279. The summed E-state index contributed by atoms with van der Waals surface area (Å²) >= 11 is 3.41. The summed E-state index contributed by atoms with van der Waals surface area (Å²) in [6.45, 7) is 7.65. The van der Waals surface area contributed by atoms with Crippen molar-refractivity contribution in [1.82, 2.24) is 19.2 Å². The number of hydrogen-bond acceptors (Lipinski definition) is 6. The van der Waals surface area contributed by atoms with Gasteiger partial charge in [0.1, 0.15) is 4.83 Å². The van der Waals surface area contributed by atoms with Gasteiger partial charge in [-0.15, -0.1) is 21.5 Å². The number of hydrogen-bond donors (Lipinski definition) is 0. The summed E-state index contributed by atoms with van der Waals surface area (Å²) in [5, 5.41) is 10.8. The fourth-order valence-electron chi connectivity index (χ4n) is 4.61. The van der Waals surface area contributed by atoms with Crippen LogP contribution in [0.3, 0.4) is 0 Å². The second-order valence-electron chi connectivity index (χ2n) is 9.39. The van der Waals surface area contributed by atoms with Crippen LogP contribution in [0.25, 0.3) is 16.0 Å². The van der Waals surface area contributed by atoms with Crippen LogP contribution < -0.4 is 5.56 Å². The van der Waals surface area contributed by atoms with E-state index >= 15 is 0 Å². The molecule has 3 aromatic heterocycles. The van der Waals surface area contributed by atoms with Crippen LogP contribution in [-0.2, 0) is 24.3 Å². The summed E-state index contributed by atoms with van der Waals surface area (Å²) in [6.07, 6.45) is 5.79. The number of nitrogens with zero attached hydrogens (tertiary/aromatic N) is 4. The standard InChI is InChI=1S/C26H32N4O2S2/c1-4-5-6-10-13-33-26-28-27-25-29(15-18-11-8-7-9-12-18)23(31)22-19-14-20(17(2)3)32-16-21(19)34-24(22)30(25)26/h7-9,11-12,17,20H,4-6,10,13-16H2,1-3H3/t20-/m1/s1. The third kappa shape index (κ3) is 4.43. The summed E-state index contributed by atoms with van der Waals surface area (Å²) in [7, 11) is 0. The molecule has 0 aliphatic carbocycles. The molecule has 34 heavy (non-hydrogen) atoms. The van der Waals surface area contributed by atoms with Gasteiger partial charge >= 0.3 is 0 Å². The average Bonchev–Trinajstić information content (AvgIpc) is 3.43. The molecule has 6 nitrogen and oxygen atoms in total. The van der Waals surface area contributed by atoms with Crippen molar-refractivity contribution in [3.8, 4) is 0 Å². The minimum Gasteiger partial charge on any atom is -0.372 e. The Morgan fingerprint density at radius 1 is 1.18 bits per heavy atom. The molecule has 4 heterocycles. The van der Waals surface area contributed by atoms with Gasteiger partial charge in [0.15, 0.2) is 5.16 Å². The van der Waals surface area contributed by atoms with Gasteiger partial charge in [0, 0.05) is 17.1 Å². The van der Waals surface area contributed by atoms with Crippen molar-refractivity contribution >= 4 is 39.1 Å². The van der Waals surface area contributed by atoms with Crippen LogP contribution in [0.15, 0.2) is 40.3 Å². The van der Waals surface area contributed by atoms with Gasteiger partial charge in [-0.2, -0.15) is 0 Å². The summed E-state index contributed by atoms with van der Waals surface area (Å²) in [5.41, 5.74) is 2.27. The smallest absolute Gasteiger partial charge is 0.264 e. The van der Waals surface area contributed by atoms with Crippen molar-refractivity contribution in [2.75, 3.05) is 5.75 Å². The molecule has 0 fully saturated rings. The average molecular weight is 497 g/mol. The van der Waals surface area contributed by atoms with E-state index < -0.39 is 0 Å². The Bertz CT molecular complexity index is 1340. The molecule has 0 saturated heterocycles. The van der Waals surface area contributed by atoms with Gasteiger partial charge < -0.3 is 4.74 Å². The largest absolute Gasteiger partial charge is 0.372 e. The molecule has 0 unspecified atom stereocenters. The van der Waals surface area contributed by atoms with Crippen LogP contribution in [0, 0.1) is 5.92 Å². The first-order valence-electron chi connectivity index (χ1n) is 12.3. The van der Waals surface area contributed by atoms with Crippen molar-refractivity contribution in [3.63, 3.8) is 0 Å². The summed E-state index contributed by atoms with van der Waals surface area (Å²) in [5.74, 6) is 2.03. The third-order valence-electron chi connectivity index (χ3n) is 6.58. The molecule has 4 aromatic rings. The maximum Gasteiger partial charge on any atom is 0.264 e. The molecule has 1 aliphatic rings. The number of aromatic nitrogens is 4. The lowest BCUT2D eigenvalue weighted by Crippen LogP contribution is -2.28. The van der Waals surface area contributed by atoms with Gasteiger partial charge in [-0.3, -0.25) is 9.36 Å². The molecule has 0 radical (unpaired) electrons. The highest BCUT2D eigenvalue weighted by atomic mass is 32.2. The Hall–Kier alpha value is -2.16. The number of unbranched alkanes of at least 4 members (excludes halogenated alkanes) is 3. The number of benzene rings is 1. The van der Waals surface area contributed by atoms with Crippen LogP contribution in [0.4, 0.5) is 0 Å². The lowest BCUT2D eigenvalue weighted by Gasteiger charge is -2.26. The van der Waals surface area contributed by atoms with E-state index in [0.29, 0.717) is 24.8 Å². The van der Waals surface area contributed by atoms with Gasteiger partial charge in [-0.25, -0.2) is 4.40 Å². The Morgan fingerprint density at radius 2 is 2.00 bits per heavy atom. The van der Waals surface area contributed by atoms with Crippen LogP contribution in [0.5, 0.6) is 0 Å². The van der Waals surface area contributed by atoms with E-state index in [1.54, 1.807) is 27.7 Å². The summed E-state index contributed by atoms with van der Waals surface area (Å²) < 4.78 is 10.1.